The maximum atomic E-state index is 12.6. The lowest BCUT2D eigenvalue weighted by atomic mass is 10.0. The smallest absolute Gasteiger partial charge is 0.259 e. The van der Waals surface area contributed by atoms with Crippen molar-refractivity contribution in [2.75, 3.05) is 5.32 Å². The van der Waals surface area contributed by atoms with Crippen LogP contribution in [0, 0.1) is 0 Å². The van der Waals surface area contributed by atoms with Gasteiger partial charge in [-0.05, 0) is 53.9 Å². The van der Waals surface area contributed by atoms with Gasteiger partial charge in [0, 0.05) is 28.0 Å². The third-order valence-electron chi connectivity index (χ3n) is 4.91. The Morgan fingerprint density at radius 1 is 1.09 bits per heavy atom. The predicted molar refractivity (Wildman–Crippen MR) is 126 cm³/mol. The number of anilines is 1. The van der Waals surface area contributed by atoms with E-state index in [9.17, 15) is 9.59 Å². The number of rotatable bonds is 6. The predicted octanol–water partition coefficient (Wildman–Crippen LogP) is 5.09. The van der Waals surface area contributed by atoms with Gasteiger partial charge in [0.2, 0.25) is 11.7 Å². The van der Waals surface area contributed by atoms with Crippen LogP contribution in [0.25, 0.3) is 22.8 Å². The van der Waals surface area contributed by atoms with E-state index in [1.165, 1.54) is 10.6 Å². The van der Waals surface area contributed by atoms with Gasteiger partial charge in [-0.3, -0.25) is 9.59 Å². The Morgan fingerprint density at radius 2 is 1.84 bits per heavy atom. The van der Waals surface area contributed by atoms with Crippen LogP contribution in [-0.2, 0) is 11.3 Å². The van der Waals surface area contributed by atoms with Gasteiger partial charge in [0.05, 0.1) is 5.56 Å². The minimum absolute atomic E-state index is 0.133. The SMILES string of the molecule is CC(C)c1cccc(NC(=O)Cn2cc(-c3nc(-c4ccc(Br)cc4)no3)ccc2=O)c1. The number of nitrogens with one attached hydrogen (secondary N) is 1. The molecule has 4 aromatic rings. The summed E-state index contributed by atoms with van der Waals surface area (Å²) in [5, 5.41) is 6.86. The lowest BCUT2D eigenvalue weighted by Crippen LogP contribution is -2.26. The fourth-order valence-corrected chi connectivity index (χ4v) is 3.43. The average Bonchev–Trinajstić information content (AvgIpc) is 3.26. The number of carbonyl (C=O) groups is 1. The van der Waals surface area contributed by atoms with Crippen molar-refractivity contribution in [2.45, 2.75) is 26.3 Å². The summed E-state index contributed by atoms with van der Waals surface area (Å²) < 4.78 is 7.65. The third-order valence-corrected chi connectivity index (χ3v) is 5.44. The first-order valence-corrected chi connectivity index (χ1v) is 10.9. The van der Waals surface area contributed by atoms with Crippen LogP contribution in [0.4, 0.5) is 5.69 Å². The fraction of sp³-hybridized carbons (Fsp3) is 0.167. The average molecular weight is 493 g/mol. The van der Waals surface area contributed by atoms with Gasteiger partial charge in [-0.1, -0.05) is 47.1 Å². The van der Waals surface area contributed by atoms with E-state index in [-0.39, 0.29) is 23.9 Å². The van der Waals surface area contributed by atoms with Crippen LogP contribution in [0.1, 0.15) is 25.3 Å². The van der Waals surface area contributed by atoms with Gasteiger partial charge in [-0.2, -0.15) is 4.98 Å². The van der Waals surface area contributed by atoms with Crippen LogP contribution in [0.2, 0.25) is 0 Å². The number of halogens is 1. The van der Waals surface area contributed by atoms with E-state index >= 15 is 0 Å². The molecular weight excluding hydrogens is 472 g/mol. The van der Waals surface area contributed by atoms with E-state index in [0.717, 1.165) is 15.6 Å². The number of benzene rings is 2. The number of nitrogens with zero attached hydrogens (tertiary/aromatic N) is 3. The first kappa shape index (κ1) is 21.7. The number of hydrogen-bond acceptors (Lipinski definition) is 5. The number of hydrogen-bond donors (Lipinski definition) is 1. The van der Waals surface area contributed by atoms with E-state index in [2.05, 4.69) is 45.2 Å². The Labute approximate surface area is 193 Å². The summed E-state index contributed by atoms with van der Waals surface area (Å²) in [7, 11) is 0. The number of pyridine rings is 1. The molecular formula is C24H21BrN4O3. The summed E-state index contributed by atoms with van der Waals surface area (Å²) in [5.41, 5.74) is 2.88. The second kappa shape index (κ2) is 9.32. The van der Waals surface area contributed by atoms with Gasteiger partial charge in [-0.25, -0.2) is 0 Å². The van der Waals surface area contributed by atoms with Crippen molar-refractivity contribution in [3.05, 3.63) is 87.3 Å². The zero-order valence-electron chi connectivity index (χ0n) is 17.6. The van der Waals surface area contributed by atoms with E-state index in [1.54, 1.807) is 12.3 Å². The molecule has 0 unspecified atom stereocenters. The third kappa shape index (κ3) is 5.03. The normalized spacial score (nSPS) is 11.0. The topological polar surface area (TPSA) is 90.0 Å². The van der Waals surface area contributed by atoms with Crippen LogP contribution in [-0.4, -0.2) is 20.6 Å². The van der Waals surface area contributed by atoms with Gasteiger partial charge in [0.25, 0.3) is 11.4 Å². The fourth-order valence-electron chi connectivity index (χ4n) is 3.17. The second-order valence-corrected chi connectivity index (χ2v) is 8.56. The summed E-state index contributed by atoms with van der Waals surface area (Å²) >= 11 is 3.40. The summed E-state index contributed by atoms with van der Waals surface area (Å²) in [6.45, 7) is 4.05. The molecule has 1 N–H and O–H groups in total. The first-order valence-electron chi connectivity index (χ1n) is 10.1. The van der Waals surface area contributed by atoms with E-state index < -0.39 is 0 Å². The molecule has 32 heavy (non-hydrogen) atoms. The highest BCUT2D eigenvalue weighted by molar-refractivity contribution is 9.10. The lowest BCUT2D eigenvalue weighted by molar-refractivity contribution is -0.116. The maximum absolute atomic E-state index is 12.6. The molecule has 2 aromatic heterocycles. The number of aromatic nitrogens is 3. The van der Waals surface area contributed by atoms with Crippen molar-refractivity contribution >= 4 is 27.5 Å². The van der Waals surface area contributed by atoms with E-state index in [4.69, 9.17) is 4.52 Å². The molecule has 0 aliphatic carbocycles. The largest absolute Gasteiger partial charge is 0.334 e. The van der Waals surface area contributed by atoms with Gasteiger partial charge < -0.3 is 14.4 Å². The van der Waals surface area contributed by atoms with E-state index in [1.807, 2.05) is 48.5 Å². The van der Waals surface area contributed by atoms with Crippen molar-refractivity contribution in [3.8, 4) is 22.8 Å². The molecule has 0 spiro atoms. The molecule has 0 saturated carbocycles. The van der Waals surface area contributed by atoms with Crippen LogP contribution in [0.15, 0.2) is 80.7 Å². The van der Waals surface area contributed by atoms with Crippen molar-refractivity contribution in [3.63, 3.8) is 0 Å². The Kier molecular flexibility index (Phi) is 6.32. The molecule has 1 amide bonds. The molecule has 0 saturated heterocycles. The first-order chi connectivity index (χ1) is 15.4. The van der Waals surface area contributed by atoms with E-state index in [0.29, 0.717) is 23.0 Å². The highest BCUT2D eigenvalue weighted by Crippen LogP contribution is 2.23. The van der Waals surface area contributed by atoms with Crippen LogP contribution in [0.3, 0.4) is 0 Å². The summed E-state index contributed by atoms with van der Waals surface area (Å²) in [6.07, 6.45) is 1.55. The van der Waals surface area contributed by atoms with Crippen LogP contribution < -0.4 is 10.9 Å². The highest BCUT2D eigenvalue weighted by atomic mass is 79.9. The summed E-state index contributed by atoms with van der Waals surface area (Å²) in [6, 6.07) is 18.2. The van der Waals surface area contributed by atoms with Crippen molar-refractivity contribution < 1.29 is 9.32 Å². The second-order valence-electron chi connectivity index (χ2n) is 7.64. The molecule has 4 rings (SSSR count). The minimum atomic E-state index is -0.300. The van der Waals surface area contributed by atoms with Gasteiger partial charge in [-0.15, -0.1) is 0 Å². The summed E-state index contributed by atoms with van der Waals surface area (Å²) in [5.74, 6) is 0.754. The Bertz CT molecular complexity index is 1310. The monoisotopic (exact) mass is 492 g/mol. The standard InChI is InChI=1S/C24H21BrN4O3/c1-15(2)17-4-3-5-20(12-17)26-21(30)14-29-13-18(8-11-22(29)31)24-27-23(28-32-24)16-6-9-19(25)10-7-16/h3-13,15H,14H2,1-2H3,(H,26,30). The quantitative estimate of drug-likeness (QED) is 0.404. The molecule has 0 aliphatic rings. The zero-order chi connectivity index (χ0) is 22.7. The van der Waals surface area contributed by atoms with Crippen molar-refractivity contribution in [2.24, 2.45) is 0 Å². The summed E-state index contributed by atoms with van der Waals surface area (Å²) in [4.78, 5) is 29.3. The molecule has 0 atom stereocenters. The zero-order valence-corrected chi connectivity index (χ0v) is 19.2. The molecule has 0 radical (unpaired) electrons. The minimum Gasteiger partial charge on any atom is -0.334 e. The van der Waals surface area contributed by atoms with Gasteiger partial charge in [0.1, 0.15) is 6.54 Å². The Morgan fingerprint density at radius 3 is 2.59 bits per heavy atom. The molecule has 162 valence electrons. The van der Waals surface area contributed by atoms with Gasteiger partial charge >= 0.3 is 0 Å². The molecule has 0 aliphatic heterocycles. The van der Waals surface area contributed by atoms with Gasteiger partial charge in [0.15, 0.2) is 0 Å². The van der Waals surface area contributed by atoms with Crippen molar-refractivity contribution in [1.29, 1.82) is 0 Å². The molecule has 0 fully saturated rings. The van der Waals surface area contributed by atoms with Crippen molar-refractivity contribution in [1.82, 2.24) is 14.7 Å². The molecule has 8 heteroatoms. The molecule has 7 nitrogen and oxygen atoms in total. The van der Waals surface area contributed by atoms with Crippen LogP contribution in [0.5, 0.6) is 0 Å². The molecule has 2 aromatic carbocycles. The Hall–Kier alpha value is -3.52. The molecule has 0 bridgehead atoms. The maximum Gasteiger partial charge on any atom is 0.259 e. The highest BCUT2D eigenvalue weighted by Gasteiger charge is 2.13. The van der Waals surface area contributed by atoms with Crippen LogP contribution >= 0.6 is 15.9 Å². The number of carbonyl (C=O) groups excluding carboxylic acids is 1. The number of amides is 1. The Balaban J connectivity index is 1.52. The molecule has 2 heterocycles. The lowest BCUT2D eigenvalue weighted by Gasteiger charge is -2.11.